The smallest absolute Gasteiger partial charge is 0.191 e. The minimum atomic E-state index is -0.263. The lowest BCUT2D eigenvalue weighted by molar-refractivity contribution is 0.354. The molecule has 0 bridgehead atoms. The summed E-state index contributed by atoms with van der Waals surface area (Å²) in [6, 6.07) is 10.5. The van der Waals surface area contributed by atoms with E-state index in [2.05, 4.69) is 31.6 Å². The maximum Gasteiger partial charge on any atom is 0.191 e. The molecule has 0 radical (unpaired) electrons. The molecule has 7 heteroatoms. The number of benzene rings is 2. The molecule has 0 aliphatic carbocycles. The first kappa shape index (κ1) is 20.0. The summed E-state index contributed by atoms with van der Waals surface area (Å²) in [7, 11) is 4.94. The number of aliphatic imine (C=N–C) groups is 1. The highest BCUT2D eigenvalue weighted by atomic mass is 79.9. The van der Waals surface area contributed by atoms with Crippen LogP contribution in [0.15, 0.2) is 45.9 Å². The summed E-state index contributed by atoms with van der Waals surface area (Å²) in [6.45, 7) is 1.16. The lowest BCUT2D eigenvalue weighted by Crippen LogP contribution is -2.37. The van der Waals surface area contributed by atoms with Crippen molar-refractivity contribution in [3.8, 4) is 11.5 Å². The minimum absolute atomic E-state index is 0.263. The second kappa shape index (κ2) is 10.0. The first-order chi connectivity index (χ1) is 12.6. The summed E-state index contributed by atoms with van der Waals surface area (Å²) in [4.78, 5) is 4.19. The average Bonchev–Trinajstić information content (AvgIpc) is 2.66. The highest BCUT2D eigenvalue weighted by Gasteiger charge is 2.06. The third-order valence-electron chi connectivity index (χ3n) is 3.83. The number of hydrogen-bond donors (Lipinski definition) is 2. The van der Waals surface area contributed by atoms with Crippen molar-refractivity contribution in [1.82, 2.24) is 10.6 Å². The Hall–Kier alpha value is -2.28. The zero-order valence-corrected chi connectivity index (χ0v) is 16.7. The van der Waals surface area contributed by atoms with Crippen LogP contribution < -0.4 is 20.1 Å². The van der Waals surface area contributed by atoms with Crippen molar-refractivity contribution < 1.29 is 13.9 Å². The van der Waals surface area contributed by atoms with Crippen LogP contribution in [0.4, 0.5) is 4.39 Å². The zero-order valence-electron chi connectivity index (χ0n) is 15.1. The van der Waals surface area contributed by atoms with Gasteiger partial charge >= 0.3 is 0 Å². The molecule has 140 valence electrons. The van der Waals surface area contributed by atoms with Crippen LogP contribution in [-0.4, -0.2) is 33.8 Å². The number of methoxy groups -OCH3 is 2. The van der Waals surface area contributed by atoms with Crippen molar-refractivity contribution in [2.24, 2.45) is 4.99 Å². The number of ether oxygens (including phenoxy) is 2. The molecule has 2 rings (SSSR count). The molecule has 0 aromatic heterocycles. The molecule has 0 atom stereocenters. The number of rotatable bonds is 7. The Labute approximate surface area is 161 Å². The topological polar surface area (TPSA) is 54.9 Å². The first-order valence-corrected chi connectivity index (χ1v) is 8.96. The Morgan fingerprint density at radius 2 is 1.85 bits per heavy atom. The molecule has 0 heterocycles. The molecule has 0 amide bonds. The van der Waals surface area contributed by atoms with Crippen LogP contribution in [0.5, 0.6) is 11.5 Å². The van der Waals surface area contributed by atoms with Gasteiger partial charge in [-0.1, -0.05) is 22.0 Å². The molecule has 2 aromatic rings. The molecule has 2 N–H and O–H groups in total. The van der Waals surface area contributed by atoms with Gasteiger partial charge in [0.1, 0.15) is 5.82 Å². The van der Waals surface area contributed by atoms with Gasteiger partial charge in [0.15, 0.2) is 17.5 Å². The number of nitrogens with one attached hydrogen (secondary N) is 2. The predicted molar refractivity (Wildman–Crippen MR) is 106 cm³/mol. The quantitative estimate of drug-likeness (QED) is 0.528. The van der Waals surface area contributed by atoms with Crippen LogP contribution in [-0.2, 0) is 13.0 Å². The summed E-state index contributed by atoms with van der Waals surface area (Å²) in [5.41, 5.74) is 1.95. The van der Waals surface area contributed by atoms with Gasteiger partial charge in [-0.25, -0.2) is 4.39 Å². The molecule has 0 aliphatic heterocycles. The molecular weight excluding hydrogens is 401 g/mol. The molecular formula is C19H23BrFN3O2. The third kappa shape index (κ3) is 5.62. The summed E-state index contributed by atoms with van der Waals surface area (Å²) < 4.78 is 24.8. The van der Waals surface area contributed by atoms with E-state index in [-0.39, 0.29) is 5.82 Å². The van der Waals surface area contributed by atoms with Crippen LogP contribution in [0.1, 0.15) is 11.1 Å². The summed E-state index contributed by atoms with van der Waals surface area (Å²) in [5.74, 6) is 1.81. The van der Waals surface area contributed by atoms with E-state index in [0.29, 0.717) is 30.5 Å². The fourth-order valence-corrected chi connectivity index (χ4v) is 2.83. The van der Waals surface area contributed by atoms with E-state index in [1.54, 1.807) is 27.3 Å². The molecule has 26 heavy (non-hydrogen) atoms. The predicted octanol–water partition coefficient (Wildman–Crippen LogP) is 3.51. The summed E-state index contributed by atoms with van der Waals surface area (Å²) >= 11 is 3.42. The number of hydrogen-bond acceptors (Lipinski definition) is 3. The SMILES string of the molecule is CN=C(NCCc1ccc(OC)c(OC)c1)NCc1cc(F)ccc1Br. The Morgan fingerprint density at radius 3 is 2.54 bits per heavy atom. The minimum Gasteiger partial charge on any atom is -0.493 e. The third-order valence-corrected chi connectivity index (χ3v) is 4.61. The second-order valence-corrected chi connectivity index (χ2v) is 6.38. The zero-order chi connectivity index (χ0) is 18.9. The number of halogens is 2. The van der Waals surface area contributed by atoms with Crippen molar-refractivity contribution in [1.29, 1.82) is 0 Å². The van der Waals surface area contributed by atoms with Gasteiger partial charge in [-0.3, -0.25) is 4.99 Å². The van der Waals surface area contributed by atoms with Gasteiger partial charge in [-0.2, -0.15) is 0 Å². The van der Waals surface area contributed by atoms with Gasteiger partial charge in [0.2, 0.25) is 0 Å². The Kier molecular flexibility index (Phi) is 7.72. The van der Waals surface area contributed by atoms with Crippen molar-refractivity contribution in [2.75, 3.05) is 27.8 Å². The second-order valence-electron chi connectivity index (χ2n) is 5.53. The van der Waals surface area contributed by atoms with E-state index in [9.17, 15) is 4.39 Å². The fourth-order valence-electron chi connectivity index (χ4n) is 2.44. The van der Waals surface area contributed by atoms with Crippen LogP contribution in [0.3, 0.4) is 0 Å². The standard InChI is InChI=1S/C19H23BrFN3O2/c1-22-19(24-12-14-11-15(21)5-6-16(14)20)23-9-8-13-4-7-17(25-2)18(10-13)26-3/h4-7,10-11H,8-9,12H2,1-3H3,(H2,22,23,24). The summed E-state index contributed by atoms with van der Waals surface area (Å²) in [5, 5.41) is 6.42. The van der Waals surface area contributed by atoms with E-state index in [4.69, 9.17) is 9.47 Å². The van der Waals surface area contributed by atoms with Crippen molar-refractivity contribution >= 4 is 21.9 Å². The van der Waals surface area contributed by atoms with Gasteiger partial charge in [-0.15, -0.1) is 0 Å². The fraction of sp³-hybridized carbons (Fsp3) is 0.316. The molecule has 0 saturated carbocycles. The molecule has 0 aliphatic rings. The van der Waals surface area contributed by atoms with Gasteiger partial charge in [0.25, 0.3) is 0 Å². The molecule has 0 spiro atoms. The number of guanidine groups is 1. The maximum absolute atomic E-state index is 13.3. The molecule has 0 unspecified atom stereocenters. The van der Waals surface area contributed by atoms with Crippen LogP contribution >= 0.6 is 15.9 Å². The molecule has 5 nitrogen and oxygen atoms in total. The Balaban J connectivity index is 1.86. The highest BCUT2D eigenvalue weighted by molar-refractivity contribution is 9.10. The lowest BCUT2D eigenvalue weighted by Gasteiger charge is -2.13. The van der Waals surface area contributed by atoms with Gasteiger partial charge in [0, 0.05) is 24.6 Å². The van der Waals surface area contributed by atoms with Crippen molar-refractivity contribution in [2.45, 2.75) is 13.0 Å². The van der Waals surface area contributed by atoms with Gasteiger partial charge in [-0.05, 0) is 47.9 Å². The normalized spacial score (nSPS) is 11.2. The molecule has 0 saturated heterocycles. The van der Waals surface area contributed by atoms with Crippen LogP contribution in [0.25, 0.3) is 0 Å². The van der Waals surface area contributed by atoms with E-state index >= 15 is 0 Å². The number of nitrogens with zero attached hydrogens (tertiary/aromatic N) is 1. The molecule has 0 fully saturated rings. The summed E-state index contributed by atoms with van der Waals surface area (Å²) in [6.07, 6.45) is 0.796. The van der Waals surface area contributed by atoms with E-state index in [1.165, 1.54) is 12.1 Å². The molecule has 2 aromatic carbocycles. The van der Waals surface area contributed by atoms with Gasteiger partial charge < -0.3 is 20.1 Å². The average molecular weight is 424 g/mol. The Bertz CT molecular complexity index is 768. The van der Waals surface area contributed by atoms with E-state index < -0.39 is 0 Å². The van der Waals surface area contributed by atoms with Gasteiger partial charge in [0.05, 0.1) is 14.2 Å². The van der Waals surface area contributed by atoms with Crippen molar-refractivity contribution in [3.63, 3.8) is 0 Å². The Morgan fingerprint density at radius 1 is 1.08 bits per heavy atom. The van der Waals surface area contributed by atoms with E-state index in [1.807, 2.05) is 18.2 Å². The highest BCUT2D eigenvalue weighted by Crippen LogP contribution is 2.27. The van der Waals surface area contributed by atoms with E-state index in [0.717, 1.165) is 22.0 Å². The van der Waals surface area contributed by atoms with Crippen LogP contribution in [0, 0.1) is 5.82 Å². The monoisotopic (exact) mass is 423 g/mol. The largest absolute Gasteiger partial charge is 0.493 e. The van der Waals surface area contributed by atoms with Crippen LogP contribution in [0.2, 0.25) is 0 Å². The first-order valence-electron chi connectivity index (χ1n) is 8.16. The lowest BCUT2D eigenvalue weighted by atomic mass is 10.1. The van der Waals surface area contributed by atoms with Crippen molar-refractivity contribution in [3.05, 3.63) is 57.8 Å². The maximum atomic E-state index is 13.3.